The molecular weight excluding hydrogens is 368 g/mol. The zero-order chi connectivity index (χ0) is 17.3. The Kier molecular flexibility index (Phi) is 4.96. The molecule has 0 bridgehead atoms. The van der Waals surface area contributed by atoms with Crippen LogP contribution in [0.5, 0.6) is 0 Å². The number of thiophene rings is 1. The maximum Gasteiger partial charge on any atom is 0.253 e. The van der Waals surface area contributed by atoms with Crippen LogP contribution in [0, 0.1) is 6.92 Å². The lowest BCUT2D eigenvalue weighted by atomic mass is 10.1. The van der Waals surface area contributed by atoms with Gasteiger partial charge in [-0.3, -0.25) is 4.79 Å². The molecule has 128 valence electrons. The Labute approximate surface area is 150 Å². The normalized spacial score (nSPS) is 18.7. The highest BCUT2D eigenvalue weighted by molar-refractivity contribution is 7.91. The summed E-state index contributed by atoms with van der Waals surface area (Å²) < 4.78 is 27.0. The van der Waals surface area contributed by atoms with Crippen LogP contribution >= 0.6 is 22.9 Å². The van der Waals surface area contributed by atoms with Gasteiger partial charge in [-0.2, -0.15) is 4.31 Å². The van der Waals surface area contributed by atoms with E-state index in [9.17, 15) is 13.2 Å². The minimum Gasteiger partial charge on any atom is -0.324 e. The summed E-state index contributed by atoms with van der Waals surface area (Å²) in [5.74, 6) is -0.321. The number of nitrogens with one attached hydrogen (secondary N) is 1. The molecule has 5 nitrogen and oxygen atoms in total. The number of nitrogens with zero attached hydrogens (tertiary/aromatic N) is 1. The number of amides is 1. The monoisotopic (exact) mass is 384 g/mol. The molecule has 8 heteroatoms. The number of carbonyl (C=O) groups is 1. The average Bonchev–Trinajstić information content (AvgIpc) is 3.21. The van der Waals surface area contributed by atoms with Gasteiger partial charge in [0, 0.05) is 17.3 Å². The fourth-order valence-electron chi connectivity index (χ4n) is 2.76. The predicted octanol–water partition coefficient (Wildman–Crippen LogP) is 3.50. The maximum absolute atomic E-state index is 12.7. The van der Waals surface area contributed by atoms with Crippen molar-refractivity contribution in [2.45, 2.75) is 30.0 Å². The van der Waals surface area contributed by atoms with Crippen LogP contribution in [0.3, 0.4) is 0 Å². The number of rotatable bonds is 4. The summed E-state index contributed by atoms with van der Waals surface area (Å²) in [6.07, 6.45) is 1.17. The van der Waals surface area contributed by atoms with Gasteiger partial charge in [0.2, 0.25) is 5.91 Å². The third-order valence-electron chi connectivity index (χ3n) is 4.02. The minimum atomic E-state index is -3.64. The number of benzene rings is 1. The quantitative estimate of drug-likeness (QED) is 0.877. The molecule has 1 unspecified atom stereocenters. The second-order valence-corrected chi connectivity index (χ2v) is 9.16. The van der Waals surface area contributed by atoms with Gasteiger partial charge in [0.25, 0.3) is 10.0 Å². The average molecular weight is 385 g/mol. The lowest BCUT2D eigenvalue weighted by Crippen LogP contribution is -2.42. The van der Waals surface area contributed by atoms with Gasteiger partial charge in [0.05, 0.1) is 0 Å². The van der Waals surface area contributed by atoms with E-state index in [1.165, 1.54) is 4.31 Å². The standard InChI is InChI=1S/C16H17ClN2O3S2/c1-11-6-7-12(17)10-13(11)18-16(20)14-4-2-8-19(14)24(21,22)15-5-3-9-23-15/h3,5-7,9-10,14H,2,4,8H2,1H3,(H,18,20). The Balaban J connectivity index is 1.83. The van der Waals surface area contributed by atoms with Gasteiger partial charge in [-0.15, -0.1) is 11.3 Å². The van der Waals surface area contributed by atoms with E-state index in [2.05, 4.69) is 5.32 Å². The molecule has 3 rings (SSSR count). The fourth-order valence-corrected chi connectivity index (χ4v) is 5.71. The van der Waals surface area contributed by atoms with Crippen molar-refractivity contribution in [2.24, 2.45) is 0 Å². The van der Waals surface area contributed by atoms with E-state index in [4.69, 9.17) is 11.6 Å². The number of sulfonamides is 1. The number of carbonyl (C=O) groups excluding carboxylic acids is 1. The van der Waals surface area contributed by atoms with Crippen LogP contribution in [-0.4, -0.2) is 31.2 Å². The highest BCUT2D eigenvalue weighted by Gasteiger charge is 2.39. The smallest absolute Gasteiger partial charge is 0.253 e. The molecule has 1 aromatic heterocycles. The maximum atomic E-state index is 12.7. The molecule has 1 aliphatic rings. The van der Waals surface area contributed by atoms with Crippen molar-refractivity contribution in [2.75, 3.05) is 11.9 Å². The van der Waals surface area contributed by atoms with E-state index in [-0.39, 0.29) is 10.1 Å². The predicted molar refractivity (Wildman–Crippen MR) is 96.1 cm³/mol. The van der Waals surface area contributed by atoms with E-state index in [1.54, 1.807) is 29.6 Å². The van der Waals surface area contributed by atoms with Crippen LogP contribution in [0.2, 0.25) is 5.02 Å². The lowest BCUT2D eigenvalue weighted by molar-refractivity contribution is -0.119. The summed E-state index contributed by atoms with van der Waals surface area (Å²) in [6.45, 7) is 2.22. The van der Waals surface area contributed by atoms with Gasteiger partial charge >= 0.3 is 0 Å². The van der Waals surface area contributed by atoms with Gasteiger partial charge < -0.3 is 5.32 Å². The third-order valence-corrected chi connectivity index (χ3v) is 7.54. The van der Waals surface area contributed by atoms with Crippen molar-refractivity contribution in [3.63, 3.8) is 0 Å². The molecule has 1 aliphatic heterocycles. The van der Waals surface area contributed by atoms with Gasteiger partial charge in [0.1, 0.15) is 10.3 Å². The second-order valence-electron chi connectivity index (χ2n) is 5.65. The first-order valence-electron chi connectivity index (χ1n) is 7.52. The molecule has 1 N–H and O–H groups in total. The zero-order valence-corrected chi connectivity index (χ0v) is 15.4. The van der Waals surface area contributed by atoms with Gasteiger partial charge in [0.15, 0.2) is 0 Å². The zero-order valence-electron chi connectivity index (χ0n) is 13.0. The van der Waals surface area contributed by atoms with Crippen LogP contribution < -0.4 is 5.32 Å². The first-order chi connectivity index (χ1) is 11.4. The molecule has 2 heterocycles. The number of halogens is 1. The molecule has 0 radical (unpaired) electrons. The topological polar surface area (TPSA) is 66.5 Å². The van der Waals surface area contributed by atoms with Crippen LogP contribution in [0.15, 0.2) is 39.9 Å². The minimum absolute atomic E-state index is 0.265. The Bertz CT molecular complexity index is 850. The van der Waals surface area contributed by atoms with Crippen molar-refractivity contribution in [1.82, 2.24) is 4.31 Å². The van der Waals surface area contributed by atoms with E-state index in [0.29, 0.717) is 30.1 Å². The Hall–Kier alpha value is -1.41. The van der Waals surface area contributed by atoms with Crippen molar-refractivity contribution in [3.8, 4) is 0 Å². The van der Waals surface area contributed by atoms with Gasteiger partial charge in [-0.05, 0) is 48.9 Å². The van der Waals surface area contributed by atoms with Crippen LogP contribution in [-0.2, 0) is 14.8 Å². The number of hydrogen-bond donors (Lipinski definition) is 1. The van der Waals surface area contributed by atoms with Gasteiger partial charge in [-0.1, -0.05) is 23.7 Å². The molecule has 24 heavy (non-hydrogen) atoms. The SMILES string of the molecule is Cc1ccc(Cl)cc1NC(=O)C1CCCN1S(=O)(=O)c1cccs1. The summed E-state index contributed by atoms with van der Waals surface area (Å²) >= 11 is 7.13. The molecule has 1 aromatic carbocycles. The van der Waals surface area contributed by atoms with E-state index in [0.717, 1.165) is 16.9 Å². The summed E-state index contributed by atoms with van der Waals surface area (Å²) in [5, 5.41) is 5.05. The first kappa shape index (κ1) is 17.4. The molecule has 0 saturated carbocycles. The highest BCUT2D eigenvalue weighted by atomic mass is 35.5. The van der Waals surface area contributed by atoms with E-state index in [1.807, 2.05) is 13.0 Å². The Morgan fingerprint density at radius 1 is 1.38 bits per heavy atom. The van der Waals surface area contributed by atoms with E-state index < -0.39 is 16.1 Å². The number of aryl methyl sites for hydroxylation is 1. The molecule has 1 saturated heterocycles. The molecular formula is C16H17ClN2O3S2. The van der Waals surface area contributed by atoms with Crippen molar-refractivity contribution < 1.29 is 13.2 Å². The number of anilines is 1. The summed E-state index contributed by atoms with van der Waals surface area (Å²) in [5.41, 5.74) is 1.48. The third kappa shape index (κ3) is 3.35. The number of hydrogen-bond acceptors (Lipinski definition) is 4. The fraction of sp³-hybridized carbons (Fsp3) is 0.312. The highest BCUT2D eigenvalue weighted by Crippen LogP contribution is 2.29. The van der Waals surface area contributed by atoms with Crippen LogP contribution in [0.1, 0.15) is 18.4 Å². The van der Waals surface area contributed by atoms with Crippen molar-refractivity contribution >= 4 is 44.6 Å². The Morgan fingerprint density at radius 3 is 2.88 bits per heavy atom. The van der Waals surface area contributed by atoms with Crippen molar-refractivity contribution in [3.05, 3.63) is 46.3 Å². The molecule has 0 aliphatic carbocycles. The second kappa shape index (κ2) is 6.84. The van der Waals surface area contributed by atoms with Crippen LogP contribution in [0.25, 0.3) is 0 Å². The lowest BCUT2D eigenvalue weighted by Gasteiger charge is -2.23. The molecule has 2 aromatic rings. The summed E-state index contributed by atoms with van der Waals surface area (Å²) in [4.78, 5) is 12.6. The van der Waals surface area contributed by atoms with Gasteiger partial charge in [-0.25, -0.2) is 8.42 Å². The molecule has 0 spiro atoms. The molecule has 1 atom stereocenters. The largest absolute Gasteiger partial charge is 0.324 e. The summed E-state index contributed by atoms with van der Waals surface area (Å²) in [6, 6.07) is 7.78. The summed E-state index contributed by atoms with van der Waals surface area (Å²) in [7, 11) is -3.64. The van der Waals surface area contributed by atoms with Crippen molar-refractivity contribution in [1.29, 1.82) is 0 Å². The van der Waals surface area contributed by atoms with Crippen LogP contribution in [0.4, 0.5) is 5.69 Å². The van der Waals surface area contributed by atoms with E-state index >= 15 is 0 Å². The first-order valence-corrected chi connectivity index (χ1v) is 10.2. The molecule has 1 fully saturated rings. The molecule has 1 amide bonds. The Morgan fingerprint density at radius 2 is 2.17 bits per heavy atom.